The van der Waals surface area contributed by atoms with Crippen LogP contribution in [0.3, 0.4) is 0 Å². The Morgan fingerprint density at radius 3 is 2.44 bits per heavy atom. The van der Waals surface area contributed by atoms with Gasteiger partial charge in [0.2, 0.25) is 5.91 Å². The Balaban J connectivity index is 1.53. The molecule has 1 aliphatic heterocycles. The van der Waals surface area contributed by atoms with Crippen LogP contribution in [0.1, 0.15) is 36.4 Å². The minimum Gasteiger partial charge on any atom is -0.349 e. The van der Waals surface area contributed by atoms with Gasteiger partial charge in [0.15, 0.2) is 0 Å². The third kappa shape index (κ3) is 6.14. The molecule has 3 rings (SSSR count). The largest absolute Gasteiger partial charge is 0.349 e. The Morgan fingerprint density at radius 1 is 1.07 bits per heavy atom. The van der Waals surface area contributed by atoms with Gasteiger partial charge in [0, 0.05) is 25.3 Å². The van der Waals surface area contributed by atoms with Gasteiger partial charge < -0.3 is 10.2 Å². The van der Waals surface area contributed by atoms with E-state index in [1.165, 1.54) is 17.3 Å². The van der Waals surface area contributed by atoms with Crippen LogP contribution in [0.25, 0.3) is 0 Å². The second-order valence-electron chi connectivity index (χ2n) is 6.76. The zero-order valence-corrected chi connectivity index (χ0v) is 16.3. The van der Waals surface area contributed by atoms with E-state index in [2.05, 4.69) is 41.7 Å². The number of carbonyl (C=O) groups is 2. The summed E-state index contributed by atoms with van der Waals surface area (Å²) in [5.74, 6) is 0.834. The van der Waals surface area contributed by atoms with Crippen LogP contribution in [0.4, 0.5) is 4.79 Å². The van der Waals surface area contributed by atoms with Gasteiger partial charge in [-0.2, -0.15) is 0 Å². The maximum absolute atomic E-state index is 12.5. The first kappa shape index (κ1) is 19.5. The molecular weight excluding hydrogens is 356 g/mol. The zero-order chi connectivity index (χ0) is 18.9. The van der Waals surface area contributed by atoms with E-state index < -0.39 is 0 Å². The third-order valence-corrected chi connectivity index (χ3v) is 5.68. The van der Waals surface area contributed by atoms with E-state index in [0.29, 0.717) is 13.0 Å². The molecule has 0 aliphatic carbocycles. The van der Waals surface area contributed by atoms with Crippen molar-refractivity contribution in [1.82, 2.24) is 10.2 Å². The number of amides is 2. The van der Waals surface area contributed by atoms with Crippen molar-refractivity contribution < 1.29 is 9.59 Å². The minimum absolute atomic E-state index is 0.00562. The average Bonchev–Trinajstić information content (AvgIpc) is 3.12. The van der Waals surface area contributed by atoms with Crippen LogP contribution in [0, 0.1) is 0 Å². The van der Waals surface area contributed by atoms with E-state index in [4.69, 9.17) is 0 Å². The number of thioether (sulfide) groups is 1. The Hall–Kier alpha value is -2.27. The topological polar surface area (TPSA) is 49.4 Å². The van der Waals surface area contributed by atoms with Gasteiger partial charge in [-0.25, -0.2) is 0 Å². The Morgan fingerprint density at radius 2 is 1.78 bits per heavy atom. The summed E-state index contributed by atoms with van der Waals surface area (Å²) in [5, 5.41) is 3.26. The lowest BCUT2D eigenvalue weighted by atomic mass is 9.99. The van der Waals surface area contributed by atoms with Crippen LogP contribution in [0.15, 0.2) is 60.7 Å². The Labute approximate surface area is 165 Å². The van der Waals surface area contributed by atoms with Crippen molar-refractivity contribution in [3.05, 3.63) is 71.8 Å². The van der Waals surface area contributed by atoms with Crippen molar-refractivity contribution in [3.8, 4) is 0 Å². The lowest BCUT2D eigenvalue weighted by molar-refractivity contribution is -0.122. The molecule has 1 aliphatic rings. The van der Waals surface area contributed by atoms with Crippen LogP contribution in [-0.2, 0) is 11.2 Å². The van der Waals surface area contributed by atoms with E-state index in [9.17, 15) is 9.59 Å². The molecular formula is C22H26N2O2S. The number of aryl methyl sites for hydroxylation is 1. The van der Waals surface area contributed by atoms with Crippen molar-refractivity contribution in [2.24, 2.45) is 0 Å². The first-order valence-electron chi connectivity index (χ1n) is 9.52. The van der Waals surface area contributed by atoms with Gasteiger partial charge in [-0.15, -0.1) is 0 Å². The fraction of sp³-hybridized carbons (Fsp3) is 0.364. The molecule has 0 aromatic heterocycles. The number of rotatable bonds is 9. The molecule has 0 bridgehead atoms. The molecule has 1 saturated heterocycles. The highest BCUT2D eigenvalue weighted by molar-refractivity contribution is 8.13. The molecule has 2 amide bonds. The van der Waals surface area contributed by atoms with Gasteiger partial charge in [0.25, 0.3) is 5.24 Å². The SMILES string of the molecule is O=C(CCN1CCSC1=O)NC(CCCc1ccccc1)c1ccccc1. The molecule has 0 saturated carbocycles. The van der Waals surface area contributed by atoms with Gasteiger partial charge in [-0.3, -0.25) is 9.59 Å². The fourth-order valence-electron chi connectivity index (χ4n) is 3.29. The Bertz CT molecular complexity index is 736. The van der Waals surface area contributed by atoms with Gasteiger partial charge in [0.1, 0.15) is 0 Å². The van der Waals surface area contributed by atoms with Crippen molar-refractivity contribution >= 4 is 22.9 Å². The number of nitrogens with one attached hydrogen (secondary N) is 1. The summed E-state index contributed by atoms with van der Waals surface area (Å²) in [5.41, 5.74) is 2.45. The van der Waals surface area contributed by atoms with Crippen molar-refractivity contribution in [2.75, 3.05) is 18.8 Å². The van der Waals surface area contributed by atoms with Crippen LogP contribution in [0.2, 0.25) is 0 Å². The molecule has 2 aromatic rings. The van der Waals surface area contributed by atoms with Gasteiger partial charge >= 0.3 is 0 Å². The van der Waals surface area contributed by atoms with Crippen LogP contribution in [0.5, 0.6) is 0 Å². The predicted octanol–water partition coefficient (Wildman–Crippen LogP) is 4.43. The Kier molecular flexibility index (Phi) is 7.34. The number of carbonyl (C=O) groups excluding carboxylic acids is 2. The van der Waals surface area contributed by atoms with Gasteiger partial charge in [-0.05, 0) is 30.4 Å². The van der Waals surface area contributed by atoms with E-state index >= 15 is 0 Å². The van der Waals surface area contributed by atoms with Crippen molar-refractivity contribution in [1.29, 1.82) is 0 Å². The quantitative estimate of drug-likeness (QED) is 0.698. The van der Waals surface area contributed by atoms with E-state index in [1.54, 1.807) is 4.90 Å². The first-order valence-corrected chi connectivity index (χ1v) is 10.5. The highest BCUT2D eigenvalue weighted by Gasteiger charge is 2.22. The average molecular weight is 383 g/mol. The second kappa shape index (κ2) is 10.2. The first-order chi connectivity index (χ1) is 13.2. The highest BCUT2D eigenvalue weighted by atomic mass is 32.2. The molecule has 1 unspecified atom stereocenters. The molecule has 1 heterocycles. The summed E-state index contributed by atoms with van der Waals surface area (Å²) in [6.07, 6.45) is 3.25. The maximum Gasteiger partial charge on any atom is 0.281 e. The molecule has 5 heteroatoms. The smallest absolute Gasteiger partial charge is 0.281 e. The second-order valence-corrected chi connectivity index (χ2v) is 7.81. The van der Waals surface area contributed by atoms with Crippen LogP contribution < -0.4 is 5.32 Å². The number of benzene rings is 2. The molecule has 0 spiro atoms. The summed E-state index contributed by atoms with van der Waals surface area (Å²) < 4.78 is 0. The lowest BCUT2D eigenvalue weighted by Crippen LogP contribution is -2.33. The third-order valence-electron chi connectivity index (χ3n) is 4.79. The van der Waals surface area contributed by atoms with E-state index in [1.807, 2.05) is 24.3 Å². The van der Waals surface area contributed by atoms with Crippen LogP contribution in [-0.4, -0.2) is 34.9 Å². The highest BCUT2D eigenvalue weighted by Crippen LogP contribution is 2.21. The molecule has 1 N–H and O–H groups in total. The molecule has 2 aromatic carbocycles. The lowest BCUT2D eigenvalue weighted by Gasteiger charge is -2.20. The number of hydrogen-bond acceptors (Lipinski definition) is 3. The normalized spacial score (nSPS) is 15.0. The molecule has 4 nitrogen and oxygen atoms in total. The summed E-state index contributed by atoms with van der Waals surface area (Å²) in [4.78, 5) is 25.9. The number of nitrogens with zero attached hydrogens (tertiary/aromatic N) is 1. The molecule has 1 fully saturated rings. The van der Waals surface area contributed by atoms with Crippen LogP contribution >= 0.6 is 11.8 Å². The maximum atomic E-state index is 12.5. The van der Waals surface area contributed by atoms with Gasteiger partial charge in [-0.1, -0.05) is 72.4 Å². The monoisotopic (exact) mass is 382 g/mol. The van der Waals surface area contributed by atoms with Crippen molar-refractivity contribution in [2.45, 2.75) is 31.7 Å². The fourth-order valence-corrected chi connectivity index (χ4v) is 4.15. The molecule has 27 heavy (non-hydrogen) atoms. The molecule has 142 valence electrons. The zero-order valence-electron chi connectivity index (χ0n) is 15.5. The van der Waals surface area contributed by atoms with Crippen molar-refractivity contribution in [3.63, 3.8) is 0 Å². The van der Waals surface area contributed by atoms with E-state index in [0.717, 1.165) is 37.1 Å². The molecule has 1 atom stereocenters. The molecule has 0 radical (unpaired) electrons. The van der Waals surface area contributed by atoms with Gasteiger partial charge in [0.05, 0.1) is 6.04 Å². The summed E-state index contributed by atoms with van der Waals surface area (Å²) >= 11 is 1.33. The number of hydrogen-bond donors (Lipinski definition) is 1. The summed E-state index contributed by atoms with van der Waals surface area (Å²) in [7, 11) is 0. The summed E-state index contributed by atoms with van der Waals surface area (Å²) in [6, 6.07) is 20.6. The minimum atomic E-state index is 0.00562. The standard InChI is InChI=1S/C22H26N2O2S/c25-21(14-15-24-16-17-27-22(24)26)23-20(19-11-5-2-6-12-19)13-7-10-18-8-3-1-4-9-18/h1-6,8-9,11-12,20H,7,10,13-17H2,(H,23,25). The summed E-state index contributed by atoms with van der Waals surface area (Å²) in [6.45, 7) is 1.25. The predicted molar refractivity (Wildman–Crippen MR) is 111 cm³/mol. The van der Waals surface area contributed by atoms with E-state index in [-0.39, 0.29) is 17.2 Å².